The van der Waals surface area contributed by atoms with Crippen molar-refractivity contribution >= 4 is 5.91 Å². The van der Waals surface area contributed by atoms with Crippen LogP contribution in [0.15, 0.2) is 48.5 Å². The van der Waals surface area contributed by atoms with E-state index in [1.165, 1.54) is 5.56 Å². The summed E-state index contributed by atoms with van der Waals surface area (Å²) in [6.45, 7) is 5.89. The first-order chi connectivity index (χ1) is 12.5. The van der Waals surface area contributed by atoms with Gasteiger partial charge in [-0.1, -0.05) is 44.2 Å². The number of para-hydroxylation sites is 1. The maximum atomic E-state index is 13.0. The summed E-state index contributed by atoms with van der Waals surface area (Å²) in [5, 5.41) is 10.1. The van der Waals surface area contributed by atoms with Crippen molar-refractivity contribution in [1.29, 1.82) is 0 Å². The zero-order valence-electron chi connectivity index (χ0n) is 15.3. The van der Waals surface area contributed by atoms with Crippen LogP contribution in [0, 0.1) is 5.41 Å². The summed E-state index contributed by atoms with van der Waals surface area (Å²) in [6, 6.07) is 15.8. The van der Waals surface area contributed by atoms with Gasteiger partial charge in [0.05, 0.1) is 18.6 Å². The number of rotatable bonds is 3. The van der Waals surface area contributed by atoms with Crippen LogP contribution in [0.2, 0.25) is 0 Å². The summed E-state index contributed by atoms with van der Waals surface area (Å²) in [7, 11) is 0. The van der Waals surface area contributed by atoms with Gasteiger partial charge in [-0.25, -0.2) is 0 Å². The van der Waals surface area contributed by atoms with E-state index in [2.05, 4.69) is 19.9 Å². The molecule has 2 heterocycles. The molecule has 2 atom stereocenters. The van der Waals surface area contributed by atoms with Gasteiger partial charge >= 0.3 is 0 Å². The summed E-state index contributed by atoms with van der Waals surface area (Å²) in [5.74, 6) is 1.45. The van der Waals surface area contributed by atoms with Crippen molar-refractivity contribution < 1.29 is 14.6 Å². The van der Waals surface area contributed by atoms with Gasteiger partial charge in [-0.05, 0) is 35.2 Å². The van der Waals surface area contributed by atoms with Crippen LogP contribution in [-0.2, 0) is 0 Å². The molecular formula is C22H25NO3. The maximum Gasteiger partial charge on any atom is 0.253 e. The molecule has 26 heavy (non-hydrogen) atoms. The van der Waals surface area contributed by atoms with E-state index in [0.29, 0.717) is 31.2 Å². The Bertz CT molecular complexity index is 814. The Labute approximate surface area is 154 Å². The van der Waals surface area contributed by atoms with Gasteiger partial charge in [-0.15, -0.1) is 0 Å². The predicted octanol–water partition coefficient (Wildman–Crippen LogP) is 3.42. The molecule has 2 aliphatic heterocycles. The molecule has 4 rings (SSSR count). The van der Waals surface area contributed by atoms with Crippen molar-refractivity contribution in [3.05, 3.63) is 65.2 Å². The highest BCUT2D eigenvalue weighted by Crippen LogP contribution is 2.49. The molecule has 0 bridgehead atoms. The zero-order valence-corrected chi connectivity index (χ0v) is 15.3. The number of likely N-dealkylation sites (tertiary alicyclic amines) is 1. The highest BCUT2D eigenvalue weighted by atomic mass is 16.5. The summed E-state index contributed by atoms with van der Waals surface area (Å²) in [5.41, 5.74) is 2.61. The molecule has 0 spiro atoms. The average molecular weight is 351 g/mol. The zero-order chi connectivity index (χ0) is 18.3. The van der Waals surface area contributed by atoms with E-state index in [0.717, 1.165) is 11.3 Å². The molecule has 2 aliphatic rings. The van der Waals surface area contributed by atoms with Crippen LogP contribution in [0.1, 0.15) is 47.2 Å². The highest BCUT2D eigenvalue weighted by molar-refractivity contribution is 5.94. The van der Waals surface area contributed by atoms with Crippen LogP contribution in [0.25, 0.3) is 0 Å². The largest absolute Gasteiger partial charge is 0.493 e. The first kappa shape index (κ1) is 17.1. The van der Waals surface area contributed by atoms with Crippen LogP contribution in [0.3, 0.4) is 0 Å². The van der Waals surface area contributed by atoms with Crippen molar-refractivity contribution in [3.63, 3.8) is 0 Å². The van der Waals surface area contributed by atoms with E-state index in [1.807, 2.05) is 47.4 Å². The molecule has 0 radical (unpaired) electrons. The number of hydrogen-bond acceptors (Lipinski definition) is 3. The molecular weight excluding hydrogens is 326 g/mol. The first-order valence-electron chi connectivity index (χ1n) is 9.26. The Morgan fingerprint density at radius 1 is 1.23 bits per heavy atom. The smallest absolute Gasteiger partial charge is 0.253 e. The van der Waals surface area contributed by atoms with Crippen LogP contribution in [0.4, 0.5) is 0 Å². The molecule has 136 valence electrons. The normalized spacial score (nSPS) is 24.2. The third-order valence-corrected chi connectivity index (χ3v) is 5.88. The molecule has 4 heteroatoms. The lowest BCUT2D eigenvalue weighted by molar-refractivity contribution is 0.0440. The van der Waals surface area contributed by atoms with Crippen LogP contribution < -0.4 is 4.74 Å². The topological polar surface area (TPSA) is 49.8 Å². The molecule has 1 N–H and O–H groups in total. The quantitative estimate of drug-likeness (QED) is 0.922. The molecule has 1 amide bonds. The molecule has 2 aromatic carbocycles. The average Bonchev–Trinajstić information content (AvgIpc) is 3.08. The fourth-order valence-corrected chi connectivity index (χ4v) is 4.22. The Morgan fingerprint density at radius 3 is 2.65 bits per heavy atom. The number of fused-ring (bicyclic) bond motifs is 3. The second-order valence-corrected chi connectivity index (χ2v) is 7.86. The lowest BCUT2D eigenvalue weighted by Crippen LogP contribution is -2.42. The SMILES string of the molecule is CC(C)c1ccc(C(=O)N2C[C@H]3c4ccccc4OC[C@@]3(CO)C2)cc1. The summed E-state index contributed by atoms with van der Waals surface area (Å²) in [4.78, 5) is 14.9. The van der Waals surface area contributed by atoms with Gasteiger partial charge in [0.1, 0.15) is 5.75 Å². The fourth-order valence-electron chi connectivity index (χ4n) is 4.22. The van der Waals surface area contributed by atoms with Gasteiger partial charge < -0.3 is 14.7 Å². The Kier molecular flexibility index (Phi) is 4.23. The molecule has 0 aliphatic carbocycles. The van der Waals surface area contributed by atoms with Crippen LogP contribution in [0.5, 0.6) is 5.75 Å². The number of carbonyl (C=O) groups is 1. The molecule has 0 saturated carbocycles. The third kappa shape index (κ3) is 2.69. The minimum Gasteiger partial charge on any atom is -0.493 e. The number of hydrogen-bond donors (Lipinski definition) is 1. The predicted molar refractivity (Wildman–Crippen MR) is 101 cm³/mol. The standard InChI is InChI=1S/C22H25NO3/c1-15(2)16-7-9-17(10-8-16)21(25)23-11-19-18-5-3-4-6-20(18)26-14-22(19,12-23)13-24/h3-10,15,19,24H,11-14H2,1-2H3/t19-,22-/m0/s1. The van der Waals surface area contributed by atoms with E-state index in [1.54, 1.807) is 0 Å². The Hall–Kier alpha value is -2.33. The molecule has 2 aromatic rings. The number of aliphatic hydroxyl groups excluding tert-OH is 1. The van der Waals surface area contributed by atoms with Gasteiger partial charge in [-0.2, -0.15) is 0 Å². The van der Waals surface area contributed by atoms with Gasteiger partial charge in [0, 0.05) is 24.6 Å². The Balaban J connectivity index is 1.61. The second kappa shape index (κ2) is 6.44. The van der Waals surface area contributed by atoms with E-state index >= 15 is 0 Å². The summed E-state index contributed by atoms with van der Waals surface area (Å²) < 4.78 is 5.91. The fraction of sp³-hybridized carbons (Fsp3) is 0.409. The van der Waals surface area contributed by atoms with Crippen molar-refractivity contribution in [2.75, 3.05) is 26.3 Å². The van der Waals surface area contributed by atoms with Crippen molar-refractivity contribution in [2.45, 2.75) is 25.7 Å². The van der Waals surface area contributed by atoms with Crippen molar-refractivity contribution in [1.82, 2.24) is 4.90 Å². The molecule has 4 nitrogen and oxygen atoms in total. The van der Waals surface area contributed by atoms with Crippen LogP contribution >= 0.6 is 0 Å². The molecule has 0 unspecified atom stereocenters. The van der Waals surface area contributed by atoms with E-state index in [-0.39, 0.29) is 18.4 Å². The van der Waals surface area contributed by atoms with E-state index in [9.17, 15) is 9.90 Å². The Morgan fingerprint density at radius 2 is 1.96 bits per heavy atom. The third-order valence-electron chi connectivity index (χ3n) is 5.88. The highest BCUT2D eigenvalue weighted by Gasteiger charge is 2.52. The molecule has 0 aromatic heterocycles. The van der Waals surface area contributed by atoms with E-state index in [4.69, 9.17) is 4.74 Å². The second-order valence-electron chi connectivity index (χ2n) is 7.86. The number of benzene rings is 2. The molecule has 1 fully saturated rings. The minimum absolute atomic E-state index is 0.0159. The number of nitrogens with zero attached hydrogens (tertiary/aromatic N) is 1. The van der Waals surface area contributed by atoms with Gasteiger partial charge in [0.25, 0.3) is 5.91 Å². The number of ether oxygens (including phenoxy) is 1. The van der Waals surface area contributed by atoms with Gasteiger partial charge in [0.2, 0.25) is 0 Å². The van der Waals surface area contributed by atoms with Crippen molar-refractivity contribution in [3.8, 4) is 5.75 Å². The monoisotopic (exact) mass is 351 g/mol. The lowest BCUT2D eigenvalue weighted by atomic mass is 9.74. The van der Waals surface area contributed by atoms with Crippen LogP contribution in [-0.4, -0.2) is 42.2 Å². The summed E-state index contributed by atoms with van der Waals surface area (Å²) >= 11 is 0. The number of amides is 1. The molecule has 1 saturated heterocycles. The number of aliphatic hydroxyl groups is 1. The maximum absolute atomic E-state index is 13.0. The van der Waals surface area contributed by atoms with Gasteiger partial charge in [0.15, 0.2) is 0 Å². The van der Waals surface area contributed by atoms with Gasteiger partial charge in [-0.3, -0.25) is 4.79 Å². The van der Waals surface area contributed by atoms with E-state index < -0.39 is 5.41 Å². The first-order valence-corrected chi connectivity index (χ1v) is 9.26. The lowest BCUT2D eigenvalue weighted by Gasteiger charge is -2.37. The van der Waals surface area contributed by atoms with Crippen molar-refractivity contribution in [2.24, 2.45) is 5.41 Å². The minimum atomic E-state index is -0.415. The number of carbonyl (C=O) groups excluding carboxylic acids is 1. The summed E-state index contributed by atoms with van der Waals surface area (Å²) in [6.07, 6.45) is 0.